The highest BCUT2D eigenvalue weighted by atomic mass is 19.4. The number of rotatable bonds is 9. The van der Waals surface area contributed by atoms with Gasteiger partial charge in [-0.3, -0.25) is 4.79 Å². The van der Waals surface area contributed by atoms with Gasteiger partial charge < -0.3 is 19.9 Å². The maximum absolute atomic E-state index is 12.9. The molecule has 0 aliphatic carbocycles. The molecule has 3 aromatic rings. The Labute approximate surface area is 186 Å². The van der Waals surface area contributed by atoms with Gasteiger partial charge in [-0.15, -0.1) is 0 Å². The largest absolute Gasteiger partial charge is 0.489 e. The Bertz CT molecular complexity index is 1140. The monoisotopic (exact) mass is 462 g/mol. The quantitative estimate of drug-likeness (QED) is 0.418. The van der Waals surface area contributed by atoms with Gasteiger partial charge in [-0.25, -0.2) is 9.78 Å². The fraction of sp³-hybridized carbons (Fsp3) is 0.261. The number of aromatic nitrogens is 2. The fourth-order valence-corrected chi connectivity index (χ4v) is 3.34. The van der Waals surface area contributed by atoms with Crippen LogP contribution in [0.3, 0.4) is 0 Å². The van der Waals surface area contributed by atoms with E-state index in [0.717, 1.165) is 18.6 Å². The normalized spacial score (nSPS) is 12.4. The maximum Gasteiger partial charge on any atom is 0.416 e. The van der Waals surface area contributed by atoms with Gasteiger partial charge in [0, 0.05) is 18.2 Å². The molecule has 1 unspecified atom stereocenters. The highest BCUT2D eigenvalue weighted by Gasteiger charge is 2.32. The lowest BCUT2D eigenvalue weighted by molar-refractivity contribution is -0.138. The van der Waals surface area contributed by atoms with Crippen LogP contribution >= 0.6 is 0 Å². The molecule has 0 radical (unpaired) electrons. The van der Waals surface area contributed by atoms with E-state index < -0.39 is 35.2 Å². The van der Waals surface area contributed by atoms with Gasteiger partial charge in [0.05, 0.1) is 16.8 Å². The predicted molar refractivity (Wildman–Crippen MR) is 111 cm³/mol. The number of aromatic carboxylic acids is 1. The summed E-state index contributed by atoms with van der Waals surface area (Å²) in [4.78, 5) is 30.5. The second-order valence-corrected chi connectivity index (χ2v) is 7.34. The molecule has 7 nitrogen and oxygen atoms in total. The van der Waals surface area contributed by atoms with Gasteiger partial charge in [0.2, 0.25) is 0 Å². The van der Waals surface area contributed by atoms with Gasteiger partial charge in [0.25, 0.3) is 0 Å². The number of aryl methyl sites for hydroxylation is 1. The van der Waals surface area contributed by atoms with Crippen molar-refractivity contribution in [3.05, 3.63) is 82.4 Å². The van der Waals surface area contributed by atoms with Crippen LogP contribution in [0.15, 0.2) is 48.7 Å². The molecule has 1 atom stereocenters. The number of carboxylic acids is 2. The molecule has 0 fully saturated rings. The summed E-state index contributed by atoms with van der Waals surface area (Å²) < 4.78 is 44.1. The zero-order valence-electron chi connectivity index (χ0n) is 17.5. The highest BCUT2D eigenvalue weighted by Crippen LogP contribution is 2.31. The number of alkyl halides is 3. The molecule has 0 saturated carbocycles. The number of aromatic amines is 1. The van der Waals surface area contributed by atoms with Crippen LogP contribution in [0.1, 0.15) is 57.8 Å². The third-order valence-electron chi connectivity index (χ3n) is 4.97. The molecule has 1 heterocycles. The molecule has 0 spiro atoms. The average Bonchev–Trinajstić information content (AvgIpc) is 3.20. The highest BCUT2D eigenvalue weighted by molar-refractivity contribution is 5.89. The van der Waals surface area contributed by atoms with Crippen LogP contribution in [0.5, 0.6) is 5.75 Å². The minimum absolute atomic E-state index is 0.0731. The maximum atomic E-state index is 12.9. The number of halogens is 3. The van der Waals surface area contributed by atoms with Crippen LogP contribution < -0.4 is 4.74 Å². The van der Waals surface area contributed by atoms with E-state index in [1.54, 1.807) is 12.1 Å². The number of ether oxygens (including phenoxy) is 1. The molecular weight excluding hydrogens is 441 g/mol. The van der Waals surface area contributed by atoms with Crippen LogP contribution in [-0.2, 0) is 24.0 Å². The van der Waals surface area contributed by atoms with Gasteiger partial charge in [-0.1, -0.05) is 25.1 Å². The van der Waals surface area contributed by atoms with Crippen molar-refractivity contribution in [1.29, 1.82) is 0 Å². The zero-order chi connectivity index (χ0) is 24.2. The smallest absolute Gasteiger partial charge is 0.416 e. The second kappa shape index (κ2) is 9.76. The fourth-order valence-electron chi connectivity index (χ4n) is 3.34. The SMILES string of the molecule is CCCc1ncc(C(C(=O)O)c2ccc(OCc3ccc(C(F)(F)F)cc3C(=O)O)cc2)[nH]1. The number of nitrogens with zero attached hydrogens (tertiary/aromatic N) is 1. The van der Waals surface area contributed by atoms with E-state index in [1.165, 1.54) is 18.3 Å². The number of H-pyrrole nitrogens is 1. The van der Waals surface area contributed by atoms with Gasteiger partial charge in [-0.2, -0.15) is 13.2 Å². The van der Waals surface area contributed by atoms with Crippen LogP contribution in [-0.4, -0.2) is 32.1 Å². The average molecular weight is 462 g/mol. The Kier molecular flexibility index (Phi) is 7.05. The Hall–Kier alpha value is -3.82. The summed E-state index contributed by atoms with van der Waals surface area (Å²) in [6.07, 6.45) is -1.61. The van der Waals surface area contributed by atoms with Gasteiger partial charge in [-0.05, 0) is 36.2 Å². The molecule has 2 aromatic carbocycles. The summed E-state index contributed by atoms with van der Waals surface area (Å²) in [5, 5.41) is 18.9. The molecule has 0 amide bonds. The molecule has 0 saturated heterocycles. The molecule has 10 heteroatoms. The molecule has 174 valence electrons. The van der Waals surface area contributed by atoms with E-state index >= 15 is 0 Å². The number of carbonyl (C=O) groups is 2. The number of hydrogen-bond acceptors (Lipinski definition) is 4. The van der Waals surface area contributed by atoms with Crippen molar-refractivity contribution in [2.24, 2.45) is 0 Å². The molecular formula is C23H21F3N2O5. The van der Waals surface area contributed by atoms with E-state index in [1.807, 2.05) is 6.92 Å². The van der Waals surface area contributed by atoms with Gasteiger partial charge in [0.1, 0.15) is 24.1 Å². The lowest BCUT2D eigenvalue weighted by Gasteiger charge is -2.14. The lowest BCUT2D eigenvalue weighted by Crippen LogP contribution is -2.13. The van der Waals surface area contributed by atoms with Crippen LogP contribution in [0.25, 0.3) is 0 Å². The number of hydrogen-bond donors (Lipinski definition) is 3. The number of imidazole rings is 1. The van der Waals surface area contributed by atoms with Crippen molar-refractivity contribution >= 4 is 11.9 Å². The lowest BCUT2D eigenvalue weighted by atomic mass is 9.96. The van der Waals surface area contributed by atoms with Crippen molar-refractivity contribution in [2.75, 3.05) is 0 Å². The van der Waals surface area contributed by atoms with Crippen molar-refractivity contribution in [3.8, 4) is 5.75 Å². The van der Waals surface area contributed by atoms with E-state index in [0.29, 0.717) is 35.3 Å². The van der Waals surface area contributed by atoms with E-state index in [4.69, 9.17) is 4.74 Å². The summed E-state index contributed by atoms with van der Waals surface area (Å²) in [6.45, 7) is 1.71. The number of nitrogens with one attached hydrogen (secondary N) is 1. The first-order chi connectivity index (χ1) is 15.6. The van der Waals surface area contributed by atoms with Crippen molar-refractivity contribution < 1.29 is 37.7 Å². The van der Waals surface area contributed by atoms with Crippen LogP contribution in [0.4, 0.5) is 13.2 Å². The minimum Gasteiger partial charge on any atom is -0.489 e. The van der Waals surface area contributed by atoms with E-state index in [9.17, 15) is 33.0 Å². The third kappa shape index (κ3) is 5.71. The Morgan fingerprint density at radius 1 is 1.12 bits per heavy atom. The summed E-state index contributed by atoms with van der Waals surface area (Å²) in [7, 11) is 0. The van der Waals surface area contributed by atoms with E-state index in [-0.39, 0.29) is 12.2 Å². The minimum atomic E-state index is -4.66. The second-order valence-electron chi connectivity index (χ2n) is 7.34. The predicted octanol–water partition coefficient (Wildman–Crippen LogP) is 4.87. The van der Waals surface area contributed by atoms with E-state index in [2.05, 4.69) is 9.97 Å². The summed E-state index contributed by atoms with van der Waals surface area (Å²) in [5.74, 6) is -2.53. The molecule has 0 aliphatic rings. The Morgan fingerprint density at radius 2 is 1.82 bits per heavy atom. The third-order valence-corrected chi connectivity index (χ3v) is 4.97. The number of aliphatic carboxylic acids is 1. The van der Waals surface area contributed by atoms with Crippen LogP contribution in [0.2, 0.25) is 0 Å². The summed E-state index contributed by atoms with van der Waals surface area (Å²) in [6, 6.07) is 8.56. The molecule has 0 bridgehead atoms. The van der Waals surface area contributed by atoms with Gasteiger partial charge in [0.15, 0.2) is 0 Å². The first kappa shape index (κ1) is 23.8. The van der Waals surface area contributed by atoms with Crippen molar-refractivity contribution in [1.82, 2.24) is 9.97 Å². The van der Waals surface area contributed by atoms with Crippen LogP contribution in [0, 0.1) is 0 Å². The van der Waals surface area contributed by atoms with Crippen molar-refractivity contribution in [3.63, 3.8) is 0 Å². The van der Waals surface area contributed by atoms with Gasteiger partial charge >= 0.3 is 18.1 Å². The number of carboxylic acid groups (broad SMARTS) is 2. The Morgan fingerprint density at radius 3 is 2.39 bits per heavy atom. The number of benzene rings is 2. The molecule has 1 aromatic heterocycles. The van der Waals surface area contributed by atoms with Crippen molar-refractivity contribution in [2.45, 2.75) is 38.5 Å². The molecule has 0 aliphatic heterocycles. The summed E-state index contributed by atoms with van der Waals surface area (Å²) >= 11 is 0. The molecule has 3 N–H and O–H groups in total. The first-order valence-electron chi connectivity index (χ1n) is 10.0. The Balaban J connectivity index is 1.76. The molecule has 33 heavy (non-hydrogen) atoms. The molecule has 3 rings (SSSR count). The zero-order valence-corrected chi connectivity index (χ0v) is 17.5. The standard InChI is InChI=1S/C23H21F3N2O5/c1-2-3-19-27-11-18(28-19)20(22(31)32)13-5-8-16(9-6-13)33-12-14-4-7-15(23(24,25)26)10-17(14)21(29)30/h4-11,20H,2-3,12H2,1H3,(H,27,28)(H,29,30)(H,31,32). The first-order valence-corrected chi connectivity index (χ1v) is 10.0. The summed E-state index contributed by atoms with van der Waals surface area (Å²) in [5.41, 5.74) is -0.579. The topological polar surface area (TPSA) is 113 Å².